The third-order valence-corrected chi connectivity index (χ3v) is 4.66. The lowest BCUT2D eigenvalue weighted by molar-refractivity contribution is 0.502. The van der Waals surface area contributed by atoms with Crippen molar-refractivity contribution < 1.29 is 4.39 Å². The molecule has 0 amide bonds. The molecule has 25 heavy (non-hydrogen) atoms. The van der Waals surface area contributed by atoms with Gasteiger partial charge < -0.3 is 4.90 Å². The van der Waals surface area contributed by atoms with E-state index in [1.54, 1.807) is 18.3 Å². The van der Waals surface area contributed by atoms with Crippen LogP contribution in [0.2, 0.25) is 0 Å². The maximum Gasteiger partial charge on any atom is 0.245 e. The molecule has 126 valence electrons. The van der Waals surface area contributed by atoms with Crippen LogP contribution in [0.15, 0.2) is 60.8 Å². The fourth-order valence-electron chi connectivity index (χ4n) is 3.34. The van der Waals surface area contributed by atoms with Gasteiger partial charge in [0.1, 0.15) is 5.82 Å². The number of anilines is 1. The van der Waals surface area contributed by atoms with Crippen molar-refractivity contribution in [2.45, 2.75) is 18.8 Å². The Kier molecular flexibility index (Phi) is 4.37. The zero-order chi connectivity index (χ0) is 17.1. The van der Waals surface area contributed by atoms with Gasteiger partial charge in [-0.05, 0) is 42.7 Å². The third-order valence-electron chi connectivity index (χ3n) is 4.66. The van der Waals surface area contributed by atoms with Gasteiger partial charge in [0.15, 0.2) is 0 Å². The molecule has 3 aromatic rings. The number of nitrogens with zero attached hydrogens (tertiary/aromatic N) is 4. The molecule has 0 saturated carbocycles. The van der Waals surface area contributed by atoms with E-state index in [1.165, 1.54) is 24.1 Å². The Hall–Kier alpha value is -2.82. The van der Waals surface area contributed by atoms with E-state index in [2.05, 4.69) is 44.3 Å². The standard InChI is InChI=1S/C20H19FN4/c21-18-10-8-16(9-11-18)19-13-22-24-20(23-19)25-12-4-7-17(14-25)15-5-2-1-3-6-15/h1-3,5-6,8-11,13,17H,4,7,12,14H2. The summed E-state index contributed by atoms with van der Waals surface area (Å²) in [6, 6.07) is 16.9. The normalized spacial score (nSPS) is 17.5. The second-order valence-corrected chi connectivity index (χ2v) is 6.34. The van der Waals surface area contributed by atoms with Gasteiger partial charge in [-0.1, -0.05) is 30.3 Å². The average molecular weight is 334 g/mol. The largest absolute Gasteiger partial charge is 0.339 e. The quantitative estimate of drug-likeness (QED) is 0.724. The van der Waals surface area contributed by atoms with E-state index in [0.717, 1.165) is 25.1 Å². The van der Waals surface area contributed by atoms with Gasteiger partial charge in [0.2, 0.25) is 5.95 Å². The Balaban J connectivity index is 1.57. The molecule has 2 aromatic carbocycles. The molecule has 4 nitrogen and oxygen atoms in total. The molecule has 1 aromatic heterocycles. The van der Waals surface area contributed by atoms with E-state index in [0.29, 0.717) is 17.6 Å². The number of piperidine rings is 1. The van der Waals surface area contributed by atoms with Crippen LogP contribution in [0.1, 0.15) is 24.3 Å². The molecule has 5 heteroatoms. The van der Waals surface area contributed by atoms with Crippen molar-refractivity contribution >= 4 is 5.95 Å². The van der Waals surface area contributed by atoms with Gasteiger partial charge in [0.05, 0.1) is 11.9 Å². The minimum atomic E-state index is -0.257. The first kappa shape index (κ1) is 15.7. The summed E-state index contributed by atoms with van der Waals surface area (Å²) >= 11 is 0. The SMILES string of the molecule is Fc1ccc(-c2cnnc(N3CCCC(c4ccccc4)C3)n2)cc1. The summed E-state index contributed by atoms with van der Waals surface area (Å²) in [6.45, 7) is 1.82. The maximum absolute atomic E-state index is 13.1. The van der Waals surface area contributed by atoms with Crippen LogP contribution in [-0.2, 0) is 0 Å². The van der Waals surface area contributed by atoms with Gasteiger partial charge in [0.25, 0.3) is 0 Å². The van der Waals surface area contributed by atoms with Crippen LogP contribution >= 0.6 is 0 Å². The number of rotatable bonds is 3. The van der Waals surface area contributed by atoms with Crippen LogP contribution in [0.25, 0.3) is 11.3 Å². The summed E-state index contributed by atoms with van der Waals surface area (Å²) in [4.78, 5) is 6.85. The van der Waals surface area contributed by atoms with Crippen molar-refractivity contribution in [2.75, 3.05) is 18.0 Å². The lowest BCUT2D eigenvalue weighted by Crippen LogP contribution is -2.35. The molecule has 2 heterocycles. The fourth-order valence-corrected chi connectivity index (χ4v) is 3.34. The van der Waals surface area contributed by atoms with Crippen molar-refractivity contribution in [3.05, 3.63) is 72.2 Å². The summed E-state index contributed by atoms with van der Waals surface area (Å²) < 4.78 is 13.1. The maximum atomic E-state index is 13.1. The molecular formula is C20H19FN4. The summed E-state index contributed by atoms with van der Waals surface area (Å²) in [6.07, 6.45) is 3.89. The molecule has 1 saturated heterocycles. The first-order valence-corrected chi connectivity index (χ1v) is 8.55. The molecule has 1 fully saturated rings. The third kappa shape index (κ3) is 3.50. The van der Waals surface area contributed by atoms with Crippen LogP contribution in [0.5, 0.6) is 0 Å². The van der Waals surface area contributed by atoms with E-state index >= 15 is 0 Å². The highest BCUT2D eigenvalue weighted by Crippen LogP contribution is 2.29. The second kappa shape index (κ2) is 6.97. The van der Waals surface area contributed by atoms with Crippen LogP contribution in [0.3, 0.4) is 0 Å². The molecular weight excluding hydrogens is 315 g/mol. The van der Waals surface area contributed by atoms with Crippen molar-refractivity contribution in [3.8, 4) is 11.3 Å². The summed E-state index contributed by atoms with van der Waals surface area (Å²) in [5, 5.41) is 8.33. The molecule has 1 aliphatic rings. The highest BCUT2D eigenvalue weighted by atomic mass is 19.1. The Labute approximate surface area is 146 Å². The average Bonchev–Trinajstić information content (AvgIpc) is 2.69. The second-order valence-electron chi connectivity index (χ2n) is 6.34. The predicted molar refractivity (Wildman–Crippen MR) is 95.9 cm³/mol. The number of aromatic nitrogens is 3. The highest BCUT2D eigenvalue weighted by Gasteiger charge is 2.23. The van der Waals surface area contributed by atoms with E-state index in [1.807, 2.05) is 6.07 Å². The van der Waals surface area contributed by atoms with Crippen LogP contribution in [-0.4, -0.2) is 28.3 Å². The lowest BCUT2D eigenvalue weighted by Gasteiger charge is -2.32. The van der Waals surface area contributed by atoms with Crippen LogP contribution < -0.4 is 4.90 Å². The van der Waals surface area contributed by atoms with Crippen LogP contribution in [0.4, 0.5) is 10.3 Å². The van der Waals surface area contributed by atoms with Gasteiger partial charge in [-0.3, -0.25) is 0 Å². The number of benzene rings is 2. The molecule has 4 rings (SSSR count). The van der Waals surface area contributed by atoms with Crippen molar-refractivity contribution in [1.29, 1.82) is 0 Å². The van der Waals surface area contributed by atoms with Crippen molar-refractivity contribution in [2.24, 2.45) is 0 Å². The number of halogens is 1. The Morgan fingerprint density at radius 2 is 1.80 bits per heavy atom. The van der Waals surface area contributed by atoms with Gasteiger partial charge >= 0.3 is 0 Å². The molecule has 1 aliphatic heterocycles. The minimum absolute atomic E-state index is 0.257. The van der Waals surface area contributed by atoms with E-state index < -0.39 is 0 Å². The summed E-state index contributed by atoms with van der Waals surface area (Å²) in [5.41, 5.74) is 2.91. The summed E-state index contributed by atoms with van der Waals surface area (Å²) in [7, 11) is 0. The van der Waals surface area contributed by atoms with Gasteiger partial charge in [-0.2, -0.15) is 5.10 Å². The lowest BCUT2D eigenvalue weighted by atomic mass is 9.91. The minimum Gasteiger partial charge on any atom is -0.339 e. The molecule has 1 unspecified atom stereocenters. The molecule has 0 radical (unpaired) electrons. The van der Waals surface area contributed by atoms with Gasteiger partial charge in [-0.25, -0.2) is 9.37 Å². The van der Waals surface area contributed by atoms with E-state index in [-0.39, 0.29) is 5.82 Å². The molecule has 0 aliphatic carbocycles. The first-order valence-electron chi connectivity index (χ1n) is 8.55. The fraction of sp³-hybridized carbons (Fsp3) is 0.250. The molecule has 0 spiro atoms. The van der Waals surface area contributed by atoms with Gasteiger partial charge in [0, 0.05) is 24.6 Å². The predicted octanol–water partition coefficient (Wildman–Crippen LogP) is 4.06. The summed E-state index contributed by atoms with van der Waals surface area (Å²) in [5.74, 6) is 0.864. The van der Waals surface area contributed by atoms with E-state index in [9.17, 15) is 4.39 Å². The number of hydrogen-bond donors (Lipinski definition) is 0. The molecule has 0 N–H and O–H groups in total. The topological polar surface area (TPSA) is 41.9 Å². The smallest absolute Gasteiger partial charge is 0.245 e. The van der Waals surface area contributed by atoms with Gasteiger partial charge in [-0.15, -0.1) is 5.10 Å². The molecule has 1 atom stereocenters. The van der Waals surface area contributed by atoms with Crippen molar-refractivity contribution in [3.63, 3.8) is 0 Å². The Bertz CT molecular complexity index is 836. The van der Waals surface area contributed by atoms with Crippen LogP contribution in [0, 0.1) is 5.82 Å². The highest BCUT2D eigenvalue weighted by molar-refractivity contribution is 5.59. The Morgan fingerprint density at radius 1 is 1.00 bits per heavy atom. The zero-order valence-corrected chi connectivity index (χ0v) is 13.8. The Morgan fingerprint density at radius 3 is 2.60 bits per heavy atom. The van der Waals surface area contributed by atoms with Crippen molar-refractivity contribution in [1.82, 2.24) is 15.2 Å². The monoisotopic (exact) mass is 334 g/mol. The zero-order valence-electron chi connectivity index (χ0n) is 13.8. The van der Waals surface area contributed by atoms with E-state index in [4.69, 9.17) is 0 Å². The molecule has 0 bridgehead atoms. The first-order chi connectivity index (χ1) is 12.3. The number of hydrogen-bond acceptors (Lipinski definition) is 4.